The lowest BCUT2D eigenvalue weighted by Gasteiger charge is -2.45. The van der Waals surface area contributed by atoms with E-state index in [1.807, 2.05) is 12.2 Å². The molecule has 0 bridgehead atoms. The van der Waals surface area contributed by atoms with Gasteiger partial charge in [-0.05, 0) is 37.5 Å². The van der Waals surface area contributed by atoms with E-state index in [0.717, 1.165) is 38.5 Å². The van der Waals surface area contributed by atoms with E-state index < -0.39 is 6.10 Å². The number of carbonyl (C=O) groups is 1. The van der Waals surface area contributed by atoms with Gasteiger partial charge in [0.15, 0.2) is 0 Å². The first-order chi connectivity index (χ1) is 12.5. The summed E-state index contributed by atoms with van der Waals surface area (Å²) in [6, 6.07) is 0. The Balaban J connectivity index is 1.84. The van der Waals surface area contributed by atoms with Crippen LogP contribution < -0.4 is 0 Å². The molecule has 4 atom stereocenters. The van der Waals surface area contributed by atoms with Gasteiger partial charge in [-0.25, -0.2) is 0 Å². The molecular weight excluding hydrogens is 324 g/mol. The molecule has 0 aromatic carbocycles. The lowest BCUT2D eigenvalue weighted by Crippen LogP contribution is -2.41. The molecule has 0 radical (unpaired) electrons. The van der Waals surface area contributed by atoms with Crippen molar-refractivity contribution in [2.75, 3.05) is 0 Å². The Kier molecular flexibility index (Phi) is 8.83. The first-order valence-corrected chi connectivity index (χ1v) is 11.1. The number of ketones is 1. The van der Waals surface area contributed by atoms with Crippen molar-refractivity contribution >= 4 is 5.78 Å². The third-order valence-corrected chi connectivity index (χ3v) is 6.87. The molecule has 2 fully saturated rings. The van der Waals surface area contributed by atoms with Crippen LogP contribution in [0.5, 0.6) is 0 Å². The van der Waals surface area contributed by atoms with Gasteiger partial charge in [0.25, 0.3) is 0 Å². The summed E-state index contributed by atoms with van der Waals surface area (Å²) in [6.07, 6.45) is 16.8. The maximum atomic E-state index is 12.3. The molecule has 2 saturated carbocycles. The van der Waals surface area contributed by atoms with Crippen LogP contribution in [0.25, 0.3) is 0 Å². The van der Waals surface area contributed by atoms with E-state index in [-0.39, 0.29) is 29.1 Å². The number of hydrogen-bond donors (Lipinski definition) is 2. The molecule has 26 heavy (non-hydrogen) atoms. The second kappa shape index (κ2) is 10.6. The Morgan fingerprint density at radius 2 is 1.88 bits per heavy atom. The Hall–Kier alpha value is -0.670. The number of rotatable bonds is 12. The van der Waals surface area contributed by atoms with Crippen LogP contribution >= 0.6 is 0 Å². The largest absolute Gasteiger partial charge is 0.392 e. The molecular formula is C23H40O3. The monoisotopic (exact) mass is 364 g/mol. The Morgan fingerprint density at radius 3 is 2.50 bits per heavy atom. The Bertz CT molecular complexity index is 452. The van der Waals surface area contributed by atoms with Gasteiger partial charge in [-0.3, -0.25) is 4.79 Å². The molecule has 2 aliphatic carbocycles. The predicted molar refractivity (Wildman–Crippen MR) is 107 cm³/mol. The molecule has 2 rings (SSSR count). The van der Waals surface area contributed by atoms with E-state index in [1.54, 1.807) is 0 Å². The minimum Gasteiger partial charge on any atom is -0.392 e. The van der Waals surface area contributed by atoms with E-state index in [9.17, 15) is 15.0 Å². The third-order valence-electron chi connectivity index (χ3n) is 6.87. The topological polar surface area (TPSA) is 57.5 Å². The summed E-state index contributed by atoms with van der Waals surface area (Å²) < 4.78 is 0. The molecule has 0 aromatic rings. The molecule has 0 heterocycles. The second-order valence-electron chi connectivity index (χ2n) is 8.77. The average molecular weight is 365 g/mol. The van der Waals surface area contributed by atoms with Crippen LogP contribution in [0.15, 0.2) is 12.2 Å². The zero-order valence-electron chi connectivity index (χ0n) is 17.0. The van der Waals surface area contributed by atoms with Crippen LogP contribution in [0.1, 0.15) is 97.3 Å². The summed E-state index contributed by atoms with van der Waals surface area (Å²) in [5.74, 6) is 0.155. The van der Waals surface area contributed by atoms with E-state index in [0.29, 0.717) is 12.8 Å². The summed E-state index contributed by atoms with van der Waals surface area (Å²) in [5.41, 5.74) is 0.127. The average Bonchev–Trinajstić information content (AvgIpc) is 2.84. The Morgan fingerprint density at radius 1 is 1.15 bits per heavy atom. The van der Waals surface area contributed by atoms with E-state index in [1.165, 1.54) is 32.1 Å². The quantitative estimate of drug-likeness (QED) is 0.370. The lowest BCUT2D eigenvalue weighted by molar-refractivity contribution is -0.121. The van der Waals surface area contributed by atoms with Crippen LogP contribution in [0.3, 0.4) is 0 Å². The highest BCUT2D eigenvalue weighted by atomic mass is 16.3. The van der Waals surface area contributed by atoms with Crippen molar-refractivity contribution in [3.05, 3.63) is 12.2 Å². The fourth-order valence-corrected chi connectivity index (χ4v) is 5.05. The van der Waals surface area contributed by atoms with Crippen molar-refractivity contribution in [3.63, 3.8) is 0 Å². The molecule has 3 nitrogen and oxygen atoms in total. The molecule has 150 valence electrons. The van der Waals surface area contributed by atoms with Gasteiger partial charge in [0.2, 0.25) is 0 Å². The fourth-order valence-electron chi connectivity index (χ4n) is 5.05. The summed E-state index contributed by atoms with van der Waals surface area (Å²) in [7, 11) is 0. The molecule has 0 amide bonds. The number of unbranched alkanes of at least 4 members (excludes halogenated alkanes) is 4. The molecule has 3 heteroatoms. The highest BCUT2D eigenvalue weighted by molar-refractivity contribution is 5.84. The summed E-state index contributed by atoms with van der Waals surface area (Å²) in [4.78, 5) is 12.3. The van der Waals surface area contributed by atoms with Crippen molar-refractivity contribution in [3.8, 4) is 0 Å². The van der Waals surface area contributed by atoms with Gasteiger partial charge < -0.3 is 10.2 Å². The number of hydrogen-bond acceptors (Lipinski definition) is 3. The minimum atomic E-state index is -0.537. The van der Waals surface area contributed by atoms with E-state index in [4.69, 9.17) is 0 Å². The molecule has 0 spiro atoms. The second-order valence-corrected chi connectivity index (χ2v) is 8.77. The number of aliphatic hydroxyl groups is 2. The van der Waals surface area contributed by atoms with E-state index >= 15 is 0 Å². The first-order valence-electron chi connectivity index (χ1n) is 11.1. The van der Waals surface area contributed by atoms with Crippen molar-refractivity contribution in [2.24, 2.45) is 17.3 Å². The van der Waals surface area contributed by atoms with Gasteiger partial charge in [-0.15, -0.1) is 0 Å². The summed E-state index contributed by atoms with van der Waals surface area (Å²) in [6.45, 7) is 4.40. The number of aliphatic hydroxyl groups excluding tert-OH is 2. The normalized spacial score (nSPS) is 29.2. The molecule has 2 N–H and O–H groups in total. The van der Waals surface area contributed by atoms with Gasteiger partial charge in [-0.1, -0.05) is 70.9 Å². The Labute approximate surface area is 160 Å². The highest BCUT2D eigenvalue weighted by Gasteiger charge is 2.42. The van der Waals surface area contributed by atoms with Gasteiger partial charge in [0.05, 0.1) is 12.2 Å². The smallest absolute Gasteiger partial charge is 0.139 e. The van der Waals surface area contributed by atoms with Crippen molar-refractivity contribution < 1.29 is 15.0 Å². The van der Waals surface area contributed by atoms with Crippen molar-refractivity contribution in [1.82, 2.24) is 0 Å². The van der Waals surface area contributed by atoms with Crippen molar-refractivity contribution in [1.29, 1.82) is 0 Å². The lowest BCUT2D eigenvalue weighted by atomic mass is 9.62. The van der Waals surface area contributed by atoms with Gasteiger partial charge in [0.1, 0.15) is 5.78 Å². The van der Waals surface area contributed by atoms with Crippen LogP contribution in [0.2, 0.25) is 0 Å². The zero-order valence-corrected chi connectivity index (χ0v) is 17.0. The van der Waals surface area contributed by atoms with Gasteiger partial charge >= 0.3 is 0 Å². The van der Waals surface area contributed by atoms with Crippen LogP contribution in [0, 0.1) is 17.3 Å². The molecule has 0 aromatic heterocycles. The molecule has 2 unspecified atom stereocenters. The molecule has 0 aliphatic heterocycles. The summed E-state index contributed by atoms with van der Waals surface area (Å²) >= 11 is 0. The first kappa shape index (κ1) is 21.6. The van der Waals surface area contributed by atoms with Crippen LogP contribution in [0.4, 0.5) is 0 Å². The zero-order chi connectivity index (χ0) is 19.0. The maximum Gasteiger partial charge on any atom is 0.139 e. The minimum absolute atomic E-state index is 0.0201. The number of Topliss-reactive ketones (excluding diaryl/α,β-unsaturated/α-hetero) is 1. The SMILES string of the molecule is CCCCCCC[C@H]1C(=O)CC(O)[C@@H]1C=CCC(O)C1(CCC)CCC1. The van der Waals surface area contributed by atoms with E-state index in [2.05, 4.69) is 13.8 Å². The molecule has 2 aliphatic rings. The van der Waals surface area contributed by atoms with Crippen LogP contribution in [-0.4, -0.2) is 28.2 Å². The standard InChI is InChI=1S/C23H40O3/c1-3-5-6-7-8-11-18-19(21(25)17-20(18)24)12-9-13-22(26)23(14-4-2)15-10-16-23/h9,12,18-19,21-22,25-26H,3-8,10-11,13-17H2,1-2H3/t18-,19-,21?,22?/m1/s1. The summed E-state index contributed by atoms with van der Waals surface area (Å²) in [5, 5.41) is 21.0. The highest BCUT2D eigenvalue weighted by Crippen LogP contribution is 2.48. The van der Waals surface area contributed by atoms with Crippen molar-refractivity contribution in [2.45, 2.75) is 110 Å². The van der Waals surface area contributed by atoms with Gasteiger partial charge in [0, 0.05) is 18.3 Å². The maximum absolute atomic E-state index is 12.3. The fraction of sp³-hybridized carbons (Fsp3) is 0.870. The molecule has 0 saturated heterocycles. The predicted octanol–water partition coefficient (Wildman–Crippen LogP) is 5.19. The van der Waals surface area contributed by atoms with Crippen LogP contribution in [-0.2, 0) is 4.79 Å². The van der Waals surface area contributed by atoms with Gasteiger partial charge in [-0.2, -0.15) is 0 Å². The third kappa shape index (κ3) is 5.42. The number of carbonyl (C=O) groups excluding carboxylic acids is 1.